The van der Waals surface area contributed by atoms with Gasteiger partial charge < -0.3 is 0 Å². The van der Waals surface area contributed by atoms with E-state index in [9.17, 15) is 0 Å². The quantitative estimate of drug-likeness (QED) is 0.514. The van der Waals surface area contributed by atoms with E-state index in [0.717, 1.165) is 5.71 Å². The van der Waals surface area contributed by atoms with Crippen LogP contribution < -0.4 is 0 Å². The Hall–Kier alpha value is -1.44. The molecule has 1 aliphatic heterocycles. The van der Waals surface area contributed by atoms with Gasteiger partial charge in [-0.25, -0.2) is 0 Å². The molecule has 1 heterocycles. The van der Waals surface area contributed by atoms with E-state index < -0.39 is 0 Å². The first-order chi connectivity index (χ1) is 11.4. The average molecular weight is 317 g/mol. The zero-order valence-electron chi connectivity index (χ0n) is 15.9. The third-order valence-corrected chi connectivity index (χ3v) is 4.03. The molecular weight excluding hydrogens is 280 g/mol. The van der Waals surface area contributed by atoms with E-state index in [1.54, 1.807) is 0 Å². The molecule has 0 saturated heterocycles. The highest BCUT2D eigenvalue weighted by Gasteiger charge is 2.29. The van der Waals surface area contributed by atoms with Crippen molar-refractivity contribution in [2.75, 3.05) is 0 Å². The van der Waals surface area contributed by atoms with Gasteiger partial charge in [0.15, 0.2) is 0 Å². The highest BCUT2D eigenvalue weighted by atomic mass is 15.2. The molecular formula is C21H36N2. The largest absolute Gasteiger partial charge is 0.163 e. The molecule has 0 aromatic rings. The summed E-state index contributed by atoms with van der Waals surface area (Å²) in [4.78, 5) is 0. The lowest BCUT2D eigenvalue weighted by Gasteiger charge is -2.29. The lowest BCUT2D eigenvalue weighted by atomic mass is 9.77. The Morgan fingerprint density at radius 3 is 2.35 bits per heavy atom. The standard InChI is InChI=1S/C17H24N2.2C2H6/c1-3-9-14(10-4-2)17-16-12-8-6-5-7-11-15(16)13-18-19-17;2*1-2/h3-4,9-10,13,15-16H,1,5-8,11-12H2,2H3;2*1-2H3/b10-4-,14-9+;;. The molecule has 23 heavy (non-hydrogen) atoms. The molecule has 2 atom stereocenters. The van der Waals surface area contributed by atoms with Gasteiger partial charge in [-0.2, -0.15) is 10.2 Å². The fraction of sp³-hybridized carbons (Fsp3) is 0.619. The smallest absolute Gasteiger partial charge is 0.0739 e. The predicted molar refractivity (Wildman–Crippen MR) is 106 cm³/mol. The zero-order chi connectivity index (χ0) is 17.5. The average Bonchev–Trinajstić information content (AvgIpc) is 2.58. The summed E-state index contributed by atoms with van der Waals surface area (Å²) in [5, 5.41) is 8.70. The molecule has 130 valence electrons. The molecule has 2 heteroatoms. The van der Waals surface area contributed by atoms with Crippen molar-refractivity contribution in [3.8, 4) is 0 Å². The lowest BCUT2D eigenvalue weighted by Crippen LogP contribution is -2.29. The van der Waals surface area contributed by atoms with Gasteiger partial charge in [0.1, 0.15) is 0 Å². The Balaban J connectivity index is 0.00000112. The second-order valence-electron chi connectivity index (χ2n) is 5.37. The normalized spacial score (nSPS) is 24.0. The SMILES string of the molecule is C=C/C=C(\C=C/C)C1=NN=CC2CCCCCCC12.CC.CC. The van der Waals surface area contributed by atoms with Crippen LogP contribution in [0, 0.1) is 11.8 Å². The molecule has 2 nitrogen and oxygen atoms in total. The molecule has 0 N–H and O–H groups in total. The highest BCUT2D eigenvalue weighted by molar-refractivity contribution is 6.06. The third kappa shape index (κ3) is 7.11. The van der Waals surface area contributed by atoms with Gasteiger partial charge in [0, 0.05) is 18.1 Å². The molecule has 1 saturated carbocycles. The van der Waals surface area contributed by atoms with Crippen LogP contribution in [0.3, 0.4) is 0 Å². The summed E-state index contributed by atoms with van der Waals surface area (Å²) >= 11 is 0. The molecule has 1 aliphatic carbocycles. The molecule has 1 fully saturated rings. The monoisotopic (exact) mass is 316 g/mol. The van der Waals surface area contributed by atoms with E-state index in [-0.39, 0.29) is 0 Å². The minimum absolute atomic E-state index is 0.542. The molecule has 0 bridgehead atoms. The fourth-order valence-electron chi connectivity index (χ4n) is 3.09. The summed E-state index contributed by atoms with van der Waals surface area (Å²) in [7, 11) is 0. The van der Waals surface area contributed by atoms with Crippen molar-refractivity contribution in [3.05, 3.63) is 36.5 Å². The summed E-state index contributed by atoms with van der Waals surface area (Å²) in [5.41, 5.74) is 2.33. The van der Waals surface area contributed by atoms with Gasteiger partial charge in [-0.15, -0.1) is 0 Å². The summed E-state index contributed by atoms with van der Waals surface area (Å²) in [6.07, 6.45) is 18.0. The van der Waals surface area contributed by atoms with Crippen molar-refractivity contribution >= 4 is 11.9 Å². The van der Waals surface area contributed by atoms with Crippen molar-refractivity contribution in [2.45, 2.75) is 73.1 Å². The van der Waals surface area contributed by atoms with Gasteiger partial charge in [0.2, 0.25) is 0 Å². The van der Waals surface area contributed by atoms with E-state index in [1.807, 2.05) is 40.7 Å². The van der Waals surface area contributed by atoms with Crippen LogP contribution >= 0.6 is 0 Å². The van der Waals surface area contributed by atoms with Crippen LogP contribution in [0.15, 0.2) is 46.7 Å². The Kier molecular flexibility index (Phi) is 13.3. The molecule has 2 aliphatic rings. The maximum Gasteiger partial charge on any atom is 0.0739 e. The number of rotatable bonds is 3. The van der Waals surface area contributed by atoms with Crippen LogP contribution in [0.4, 0.5) is 0 Å². The van der Waals surface area contributed by atoms with Gasteiger partial charge in [-0.1, -0.05) is 84.3 Å². The number of allylic oxidation sites excluding steroid dienone is 5. The van der Waals surface area contributed by atoms with Crippen LogP contribution in [0.25, 0.3) is 0 Å². The highest BCUT2D eigenvalue weighted by Crippen LogP contribution is 2.32. The Labute approximate surface area is 144 Å². The van der Waals surface area contributed by atoms with Crippen molar-refractivity contribution in [2.24, 2.45) is 22.0 Å². The van der Waals surface area contributed by atoms with Gasteiger partial charge in [-0.3, -0.25) is 0 Å². The first-order valence-corrected chi connectivity index (χ1v) is 9.43. The van der Waals surface area contributed by atoms with Crippen LogP contribution in [0.2, 0.25) is 0 Å². The first kappa shape index (κ1) is 21.6. The van der Waals surface area contributed by atoms with E-state index in [1.165, 1.54) is 44.1 Å². The molecule has 0 amide bonds. The number of hydrogen-bond acceptors (Lipinski definition) is 2. The summed E-state index contributed by atoms with van der Waals surface area (Å²) < 4.78 is 0. The van der Waals surface area contributed by atoms with Crippen LogP contribution in [0.1, 0.15) is 73.1 Å². The van der Waals surface area contributed by atoms with Crippen LogP contribution in [-0.4, -0.2) is 11.9 Å². The minimum atomic E-state index is 0.542. The van der Waals surface area contributed by atoms with Crippen molar-refractivity contribution < 1.29 is 0 Å². The van der Waals surface area contributed by atoms with E-state index in [0.29, 0.717) is 11.8 Å². The zero-order valence-corrected chi connectivity index (χ0v) is 15.9. The van der Waals surface area contributed by atoms with Crippen molar-refractivity contribution in [1.82, 2.24) is 0 Å². The number of nitrogens with zero attached hydrogens (tertiary/aromatic N) is 2. The summed E-state index contributed by atoms with van der Waals surface area (Å²) in [6.45, 7) is 13.9. The summed E-state index contributed by atoms with van der Waals surface area (Å²) in [5.74, 6) is 1.12. The minimum Gasteiger partial charge on any atom is -0.163 e. The molecule has 2 rings (SSSR count). The Morgan fingerprint density at radius 2 is 1.74 bits per heavy atom. The van der Waals surface area contributed by atoms with E-state index in [2.05, 4.69) is 41.2 Å². The van der Waals surface area contributed by atoms with Gasteiger partial charge in [0.25, 0.3) is 0 Å². The first-order valence-electron chi connectivity index (χ1n) is 9.43. The molecule has 2 unspecified atom stereocenters. The molecule has 0 radical (unpaired) electrons. The van der Waals surface area contributed by atoms with Gasteiger partial charge in [-0.05, 0) is 25.3 Å². The van der Waals surface area contributed by atoms with Gasteiger partial charge in [0.05, 0.1) is 5.71 Å². The van der Waals surface area contributed by atoms with Crippen LogP contribution in [0.5, 0.6) is 0 Å². The predicted octanol–water partition coefficient (Wildman–Crippen LogP) is 6.75. The maximum absolute atomic E-state index is 4.44. The van der Waals surface area contributed by atoms with Crippen molar-refractivity contribution in [3.63, 3.8) is 0 Å². The second kappa shape index (κ2) is 14.2. The fourth-order valence-corrected chi connectivity index (χ4v) is 3.09. The van der Waals surface area contributed by atoms with Gasteiger partial charge >= 0.3 is 0 Å². The van der Waals surface area contributed by atoms with Crippen LogP contribution in [-0.2, 0) is 0 Å². The molecule has 0 aromatic heterocycles. The second-order valence-corrected chi connectivity index (χ2v) is 5.37. The Bertz CT molecular complexity index is 427. The van der Waals surface area contributed by atoms with E-state index in [4.69, 9.17) is 0 Å². The third-order valence-electron chi connectivity index (χ3n) is 4.03. The molecule has 0 aromatic carbocycles. The Morgan fingerprint density at radius 1 is 1.09 bits per heavy atom. The maximum atomic E-state index is 4.44. The lowest BCUT2D eigenvalue weighted by molar-refractivity contribution is 0.397. The number of hydrogen-bond donors (Lipinski definition) is 0. The molecule has 0 spiro atoms. The topological polar surface area (TPSA) is 24.7 Å². The summed E-state index contributed by atoms with van der Waals surface area (Å²) in [6, 6.07) is 0. The van der Waals surface area contributed by atoms with E-state index >= 15 is 0 Å². The number of fused-ring (bicyclic) bond motifs is 1. The van der Waals surface area contributed by atoms with Crippen molar-refractivity contribution in [1.29, 1.82) is 0 Å².